The van der Waals surface area contributed by atoms with Crippen LogP contribution in [0.4, 0.5) is 5.82 Å². The first kappa shape index (κ1) is 14.3. The van der Waals surface area contributed by atoms with Gasteiger partial charge in [-0.2, -0.15) is 4.98 Å². The maximum atomic E-state index is 5.94. The number of benzene rings is 1. The van der Waals surface area contributed by atoms with Crippen molar-refractivity contribution in [3.63, 3.8) is 0 Å². The van der Waals surface area contributed by atoms with Gasteiger partial charge >= 0.3 is 0 Å². The highest BCUT2D eigenvalue weighted by Crippen LogP contribution is 2.26. The average Bonchev–Trinajstić information content (AvgIpc) is 2.47. The number of para-hydroxylation sites is 1. The number of ether oxygens (including phenoxy) is 1. The van der Waals surface area contributed by atoms with Crippen LogP contribution in [0.25, 0.3) is 0 Å². The van der Waals surface area contributed by atoms with Gasteiger partial charge in [-0.05, 0) is 18.1 Å². The molecule has 0 saturated heterocycles. The molecule has 1 aromatic carbocycles. The summed E-state index contributed by atoms with van der Waals surface area (Å²) in [4.78, 5) is 8.91. The van der Waals surface area contributed by atoms with Crippen LogP contribution in [0.3, 0.4) is 0 Å². The molecule has 1 aromatic heterocycles. The van der Waals surface area contributed by atoms with Crippen molar-refractivity contribution >= 4 is 5.82 Å². The number of anilines is 1. The minimum Gasteiger partial charge on any atom is -0.439 e. The van der Waals surface area contributed by atoms with Crippen LogP contribution in [0.5, 0.6) is 11.6 Å². The van der Waals surface area contributed by atoms with Crippen LogP contribution in [0, 0.1) is 0 Å². The van der Waals surface area contributed by atoms with Crippen molar-refractivity contribution in [1.29, 1.82) is 0 Å². The van der Waals surface area contributed by atoms with Crippen LogP contribution in [-0.2, 0) is 6.42 Å². The molecule has 0 amide bonds. The van der Waals surface area contributed by atoms with E-state index in [1.54, 1.807) is 0 Å². The van der Waals surface area contributed by atoms with Gasteiger partial charge in [0.25, 0.3) is 0 Å². The zero-order chi connectivity index (χ0) is 14.5. The number of nitrogens with zero attached hydrogens (tertiary/aromatic N) is 2. The summed E-state index contributed by atoms with van der Waals surface area (Å²) in [7, 11) is 1.84. The molecule has 4 heteroatoms. The van der Waals surface area contributed by atoms with Crippen molar-refractivity contribution in [2.24, 2.45) is 0 Å². The molecule has 0 radical (unpaired) electrons. The Labute approximate surface area is 120 Å². The van der Waals surface area contributed by atoms with Crippen molar-refractivity contribution < 1.29 is 4.74 Å². The number of hydrogen-bond donors (Lipinski definition) is 1. The number of hydrogen-bond acceptors (Lipinski definition) is 4. The molecule has 2 rings (SSSR count). The van der Waals surface area contributed by atoms with Crippen LogP contribution in [-0.4, -0.2) is 17.0 Å². The number of aryl methyl sites for hydroxylation is 1. The van der Waals surface area contributed by atoms with Gasteiger partial charge in [0.2, 0.25) is 5.88 Å². The van der Waals surface area contributed by atoms with Crippen molar-refractivity contribution in [1.82, 2.24) is 9.97 Å². The predicted molar refractivity (Wildman–Crippen MR) is 81.6 cm³/mol. The fourth-order valence-corrected chi connectivity index (χ4v) is 1.89. The molecule has 106 valence electrons. The lowest BCUT2D eigenvalue weighted by molar-refractivity contribution is 0.452. The summed E-state index contributed by atoms with van der Waals surface area (Å²) in [6, 6.07) is 9.84. The van der Waals surface area contributed by atoms with E-state index in [9.17, 15) is 0 Å². The summed E-state index contributed by atoms with van der Waals surface area (Å²) in [6.07, 6.45) is 0.928. The minimum absolute atomic E-state index is 0.257. The predicted octanol–water partition coefficient (Wildman–Crippen LogP) is 4.00. The SMILES string of the molecule is CCc1ccccc1Oc1cc(NC)nc(C(C)C)n1. The molecule has 0 aliphatic heterocycles. The first-order chi connectivity index (χ1) is 9.63. The van der Waals surface area contributed by atoms with E-state index >= 15 is 0 Å². The molecule has 0 aliphatic rings. The molecule has 0 atom stereocenters. The highest BCUT2D eigenvalue weighted by atomic mass is 16.5. The van der Waals surface area contributed by atoms with Gasteiger partial charge < -0.3 is 10.1 Å². The van der Waals surface area contributed by atoms with Gasteiger partial charge in [0, 0.05) is 19.0 Å². The van der Waals surface area contributed by atoms with Gasteiger partial charge in [0.05, 0.1) is 0 Å². The van der Waals surface area contributed by atoms with E-state index in [2.05, 4.69) is 42.1 Å². The summed E-state index contributed by atoms with van der Waals surface area (Å²) in [5.74, 6) is 3.24. The summed E-state index contributed by atoms with van der Waals surface area (Å²) < 4.78 is 5.94. The second-order valence-electron chi connectivity index (χ2n) is 4.92. The Balaban J connectivity index is 2.35. The van der Waals surface area contributed by atoms with Crippen LogP contribution in [0.1, 0.15) is 38.1 Å². The lowest BCUT2D eigenvalue weighted by atomic mass is 10.1. The summed E-state index contributed by atoms with van der Waals surface area (Å²) in [5, 5.41) is 3.05. The van der Waals surface area contributed by atoms with Crippen molar-refractivity contribution in [2.45, 2.75) is 33.1 Å². The monoisotopic (exact) mass is 271 g/mol. The first-order valence-electron chi connectivity index (χ1n) is 6.96. The standard InChI is InChI=1S/C16H21N3O/c1-5-12-8-6-7-9-13(12)20-15-10-14(17-4)18-16(19-15)11(2)3/h6-11H,5H2,1-4H3,(H,17,18,19). The lowest BCUT2D eigenvalue weighted by Gasteiger charge is -2.12. The van der Waals surface area contributed by atoms with Gasteiger partial charge in [-0.25, -0.2) is 4.98 Å². The van der Waals surface area contributed by atoms with Crippen molar-refractivity contribution in [2.75, 3.05) is 12.4 Å². The van der Waals surface area contributed by atoms with E-state index < -0.39 is 0 Å². The maximum absolute atomic E-state index is 5.94. The van der Waals surface area contributed by atoms with Gasteiger partial charge in [0.15, 0.2) is 0 Å². The maximum Gasteiger partial charge on any atom is 0.224 e. The first-order valence-corrected chi connectivity index (χ1v) is 6.96. The van der Waals surface area contributed by atoms with E-state index in [1.165, 1.54) is 5.56 Å². The third-order valence-electron chi connectivity index (χ3n) is 3.06. The van der Waals surface area contributed by atoms with Crippen LogP contribution in [0.15, 0.2) is 30.3 Å². The van der Waals surface area contributed by atoms with Crippen molar-refractivity contribution in [3.05, 3.63) is 41.7 Å². The molecular weight excluding hydrogens is 250 g/mol. The minimum atomic E-state index is 0.257. The molecule has 0 bridgehead atoms. The average molecular weight is 271 g/mol. The van der Waals surface area contributed by atoms with Gasteiger partial charge in [-0.15, -0.1) is 0 Å². The van der Waals surface area contributed by atoms with Crippen LogP contribution >= 0.6 is 0 Å². The Morgan fingerprint density at radius 3 is 2.60 bits per heavy atom. The van der Waals surface area contributed by atoms with Gasteiger partial charge in [-0.3, -0.25) is 0 Å². The van der Waals surface area contributed by atoms with Crippen molar-refractivity contribution in [3.8, 4) is 11.6 Å². The molecule has 1 N–H and O–H groups in total. The molecule has 0 aliphatic carbocycles. The molecule has 0 fully saturated rings. The Bertz CT molecular complexity index is 582. The zero-order valence-electron chi connectivity index (χ0n) is 12.5. The Morgan fingerprint density at radius 2 is 1.95 bits per heavy atom. The Kier molecular flexibility index (Phi) is 4.56. The largest absolute Gasteiger partial charge is 0.439 e. The molecule has 1 heterocycles. The second kappa shape index (κ2) is 6.37. The highest BCUT2D eigenvalue weighted by Gasteiger charge is 2.10. The molecule has 0 unspecified atom stereocenters. The van der Waals surface area contributed by atoms with E-state index in [4.69, 9.17) is 4.74 Å². The second-order valence-corrected chi connectivity index (χ2v) is 4.92. The fraction of sp³-hybridized carbons (Fsp3) is 0.375. The van der Waals surface area contributed by atoms with Crippen LogP contribution in [0.2, 0.25) is 0 Å². The zero-order valence-corrected chi connectivity index (χ0v) is 12.5. The topological polar surface area (TPSA) is 47.0 Å². The number of aromatic nitrogens is 2. The number of nitrogens with one attached hydrogen (secondary N) is 1. The molecule has 0 spiro atoms. The third-order valence-corrected chi connectivity index (χ3v) is 3.06. The fourth-order valence-electron chi connectivity index (χ4n) is 1.89. The Hall–Kier alpha value is -2.10. The smallest absolute Gasteiger partial charge is 0.224 e. The van der Waals surface area contributed by atoms with Gasteiger partial charge in [0.1, 0.15) is 17.4 Å². The summed E-state index contributed by atoms with van der Waals surface area (Å²) in [6.45, 7) is 6.25. The molecular formula is C16H21N3O. The van der Waals surface area contributed by atoms with E-state index in [-0.39, 0.29) is 5.92 Å². The molecule has 2 aromatic rings. The summed E-state index contributed by atoms with van der Waals surface area (Å²) >= 11 is 0. The van der Waals surface area contributed by atoms with Gasteiger partial charge in [-0.1, -0.05) is 39.0 Å². The summed E-state index contributed by atoms with van der Waals surface area (Å²) in [5.41, 5.74) is 1.17. The van der Waals surface area contributed by atoms with Crippen LogP contribution < -0.4 is 10.1 Å². The highest BCUT2D eigenvalue weighted by molar-refractivity contribution is 5.41. The lowest BCUT2D eigenvalue weighted by Crippen LogP contribution is -2.03. The normalized spacial score (nSPS) is 10.7. The molecule has 0 saturated carbocycles. The molecule has 20 heavy (non-hydrogen) atoms. The van der Waals surface area contributed by atoms with E-state index in [1.807, 2.05) is 31.3 Å². The van der Waals surface area contributed by atoms with E-state index in [0.29, 0.717) is 5.88 Å². The number of rotatable bonds is 5. The molecule has 4 nitrogen and oxygen atoms in total. The third kappa shape index (κ3) is 3.26. The van der Waals surface area contributed by atoms with E-state index in [0.717, 1.165) is 23.8 Å². The quantitative estimate of drug-likeness (QED) is 0.893. The Morgan fingerprint density at radius 1 is 1.20 bits per heavy atom.